The van der Waals surface area contributed by atoms with Gasteiger partial charge in [0, 0.05) is 13.1 Å². The number of hydrogen-bond acceptors (Lipinski definition) is 3. The second-order valence-corrected chi connectivity index (χ2v) is 4.26. The molecule has 0 aromatic rings. The minimum Gasteiger partial charge on any atom is -0.395 e. The SMILES string of the molecule is C=CCN(CCO)CCCNCC(C)C. The van der Waals surface area contributed by atoms with Crippen molar-refractivity contribution in [3.63, 3.8) is 0 Å². The Balaban J connectivity index is 3.40. The minimum absolute atomic E-state index is 0.229. The second kappa shape index (κ2) is 10.1. The normalized spacial score (nSPS) is 11.3. The summed E-state index contributed by atoms with van der Waals surface area (Å²) in [5.74, 6) is 0.715. The number of nitrogens with zero attached hydrogens (tertiary/aromatic N) is 1. The third-order valence-corrected chi connectivity index (χ3v) is 2.18. The van der Waals surface area contributed by atoms with Crippen LogP contribution in [0.5, 0.6) is 0 Å². The molecule has 3 nitrogen and oxygen atoms in total. The monoisotopic (exact) mass is 214 g/mol. The molecular formula is C12H26N2O. The zero-order valence-electron chi connectivity index (χ0n) is 10.2. The van der Waals surface area contributed by atoms with E-state index in [0.717, 1.165) is 39.1 Å². The Morgan fingerprint density at radius 2 is 2.13 bits per heavy atom. The summed E-state index contributed by atoms with van der Waals surface area (Å²) in [7, 11) is 0. The third-order valence-electron chi connectivity index (χ3n) is 2.18. The Morgan fingerprint density at radius 1 is 1.40 bits per heavy atom. The Hall–Kier alpha value is -0.380. The molecule has 0 spiro atoms. The molecule has 0 aliphatic rings. The molecule has 0 saturated carbocycles. The molecule has 0 saturated heterocycles. The van der Waals surface area contributed by atoms with Crippen LogP contribution < -0.4 is 5.32 Å². The molecule has 0 atom stereocenters. The summed E-state index contributed by atoms with van der Waals surface area (Å²) in [4.78, 5) is 2.21. The topological polar surface area (TPSA) is 35.5 Å². The van der Waals surface area contributed by atoms with E-state index in [1.54, 1.807) is 0 Å². The lowest BCUT2D eigenvalue weighted by Crippen LogP contribution is -2.31. The summed E-state index contributed by atoms with van der Waals surface area (Å²) in [6.45, 7) is 13.1. The van der Waals surface area contributed by atoms with E-state index in [4.69, 9.17) is 5.11 Å². The summed E-state index contributed by atoms with van der Waals surface area (Å²) in [5.41, 5.74) is 0. The van der Waals surface area contributed by atoms with Gasteiger partial charge in [0.15, 0.2) is 0 Å². The molecule has 15 heavy (non-hydrogen) atoms. The second-order valence-electron chi connectivity index (χ2n) is 4.26. The number of hydrogen-bond donors (Lipinski definition) is 2. The zero-order chi connectivity index (χ0) is 11.5. The first kappa shape index (κ1) is 14.6. The van der Waals surface area contributed by atoms with Crippen LogP contribution in [0.1, 0.15) is 20.3 Å². The number of aliphatic hydroxyl groups is 1. The molecule has 0 radical (unpaired) electrons. The Bertz CT molecular complexity index is 149. The maximum atomic E-state index is 8.85. The largest absolute Gasteiger partial charge is 0.395 e. The van der Waals surface area contributed by atoms with Gasteiger partial charge in [-0.2, -0.15) is 0 Å². The molecule has 3 heteroatoms. The molecule has 0 aliphatic carbocycles. The number of nitrogens with one attached hydrogen (secondary N) is 1. The molecule has 2 N–H and O–H groups in total. The molecule has 0 heterocycles. The van der Waals surface area contributed by atoms with Gasteiger partial charge in [0.25, 0.3) is 0 Å². The molecule has 0 fully saturated rings. The molecule has 0 bridgehead atoms. The van der Waals surface area contributed by atoms with Gasteiger partial charge in [-0.25, -0.2) is 0 Å². The average Bonchev–Trinajstić information content (AvgIpc) is 2.17. The van der Waals surface area contributed by atoms with Crippen molar-refractivity contribution in [2.45, 2.75) is 20.3 Å². The number of aliphatic hydroxyl groups excluding tert-OH is 1. The molecule has 90 valence electrons. The van der Waals surface area contributed by atoms with Crippen molar-refractivity contribution in [1.82, 2.24) is 10.2 Å². The molecular weight excluding hydrogens is 188 g/mol. The quantitative estimate of drug-likeness (QED) is 0.422. The summed E-state index contributed by atoms with van der Waals surface area (Å²) >= 11 is 0. The minimum atomic E-state index is 0.229. The Morgan fingerprint density at radius 3 is 2.67 bits per heavy atom. The predicted molar refractivity (Wildman–Crippen MR) is 66.0 cm³/mol. The van der Waals surface area contributed by atoms with Gasteiger partial charge in [0.05, 0.1) is 6.61 Å². The highest BCUT2D eigenvalue weighted by Gasteiger charge is 2.01. The lowest BCUT2D eigenvalue weighted by molar-refractivity contribution is 0.206. The fourth-order valence-corrected chi connectivity index (χ4v) is 1.44. The summed E-state index contributed by atoms with van der Waals surface area (Å²) in [6.07, 6.45) is 3.01. The van der Waals surface area contributed by atoms with Crippen molar-refractivity contribution in [1.29, 1.82) is 0 Å². The van der Waals surface area contributed by atoms with Crippen molar-refractivity contribution in [2.24, 2.45) is 5.92 Å². The first-order chi connectivity index (χ1) is 7.20. The fraction of sp³-hybridized carbons (Fsp3) is 0.833. The van der Waals surface area contributed by atoms with E-state index in [9.17, 15) is 0 Å². The maximum Gasteiger partial charge on any atom is 0.0558 e. The Labute approximate surface area is 94.2 Å². The highest BCUT2D eigenvalue weighted by molar-refractivity contribution is 4.73. The van der Waals surface area contributed by atoms with E-state index in [1.165, 1.54) is 0 Å². The van der Waals surface area contributed by atoms with Gasteiger partial charge in [-0.15, -0.1) is 6.58 Å². The molecule has 0 aromatic heterocycles. The van der Waals surface area contributed by atoms with E-state index in [1.807, 2.05) is 6.08 Å². The van der Waals surface area contributed by atoms with Crippen LogP contribution in [-0.2, 0) is 0 Å². The van der Waals surface area contributed by atoms with E-state index in [0.29, 0.717) is 5.92 Å². The van der Waals surface area contributed by atoms with Crippen molar-refractivity contribution in [3.8, 4) is 0 Å². The van der Waals surface area contributed by atoms with Crippen LogP contribution >= 0.6 is 0 Å². The highest BCUT2D eigenvalue weighted by atomic mass is 16.3. The molecule has 0 amide bonds. The van der Waals surface area contributed by atoms with Crippen molar-refractivity contribution >= 4 is 0 Å². The zero-order valence-corrected chi connectivity index (χ0v) is 10.2. The molecule has 0 aromatic carbocycles. The molecule has 0 aliphatic heterocycles. The fourth-order valence-electron chi connectivity index (χ4n) is 1.44. The lowest BCUT2D eigenvalue weighted by Gasteiger charge is -2.19. The van der Waals surface area contributed by atoms with E-state index in [-0.39, 0.29) is 6.61 Å². The van der Waals surface area contributed by atoms with Gasteiger partial charge >= 0.3 is 0 Å². The van der Waals surface area contributed by atoms with Crippen LogP contribution in [0, 0.1) is 5.92 Å². The van der Waals surface area contributed by atoms with Gasteiger partial charge in [-0.05, 0) is 32.0 Å². The summed E-state index contributed by atoms with van der Waals surface area (Å²) < 4.78 is 0. The summed E-state index contributed by atoms with van der Waals surface area (Å²) in [6, 6.07) is 0. The van der Waals surface area contributed by atoms with E-state index < -0.39 is 0 Å². The third kappa shape index (κ3) is 9.91. The highest BCUT2D eigenvalue weighted by Crippen LogP contribution is 1.92. The van der Waals surface area contributed by atoms with Gasteiger partial charge in [-0.1, -0.05) is 19.9 Å². The van der Waals surface area contributed by atoms with Gasteiger partial charge in [0.1, 0.15) is 0 Å². The van der Waals surface area contributed by atoms with Crippen molar-refractivity contribution in [2.75, 3.05) is 39.3 Å². The number of rotatable bonds is 10. The Kier molecular flexibility index (Phi) is 9.89. The van der Waals surface area contributed by atoms with Crippen LogP contribution in [0.3, 0.4) is 0 Å². The van der Waals surface area contributed by atoms with Crippen molar-refractivity contribution < 1.29 is 5.11 Å². The first-order valence-corrected chi connectivity index (χ1v) is 5.85. The van der Waals surface area contributed by atoms with E-state index >= 15 is 0 Å². The maximum absolute atomic E-state index is 8.85. The van der Waals surface area contributed by atoms with Crippen molar-refractivity contribution in [3.05, 3.63) is 12.7 Å². The van der Waals surface area contributed by atoms with Crippen LogP contribution in [0.25, 0.3) is 0 Å². The standard InChI is InChI=1S/C12H26N2O/c1-4-7-14(9-10-15)8-5-6-13-11-12(2)3/h4,12-13,15H,1,5-11H2,2-3H3. The molecule has 0 unspecified atom stereocenters. The smallest absolute Gasteiger partial charge is 0.0558 e. The van der Waals surface area contributed by atoms with Gasteiger partial charge in [0.2, 0.25) is 0 Å². The lowest BCUT2D eigenvalue weighted by atomic mass is 10.2. The first-order valence-electron chi connectivity index (χ1n) is 5.85. The van der Waals surface area contributed by atoms with E-state index in [2.05, 4.69) is 30.6 Å². The van der Waals surface area contributed by atoms with Crippen LogP contribution in [0.4, 0.5) is 0 Å². The average molecular weight is 214 g/mol. The van der Waals surface area contributed by atoms with Crippen LogP contribution in [-0.4, -0.2) is 49.3 Å². The van der Waals surface area contributed by atoms with Gasteiger partial charge < -0.3 is 10.4 Å². The van der Waals surface area contributed by atoms with Crippen LogP contribution in [0.2, 0.25) is 0 Å². The van der Waals surface area contributed by atoms with Gasteiger partial charge in [-0.3, -0.25) is 4.90 Å². The molecule has 0 rings (SSSR count). The summed E-state index contributed by atoms with van der Waals surface area (Å²) in [5, 5.41) is 12.3. The van der Waals surface area contributed by atoms with Crippen LogP contribution in [0.15, 0.2) is 12.7 Å². The predicted octanol–water partition coefficient (Wildman–Crippen LogP) is 1.10.